The first-order valence-electron chi connectivity index (χ1n) is 5.33. The van der Waals surface area contributed by atoms with Crippen molar-refractivity contribution < 1.29 is 4.74 Å². The first kappa shape index (κ1) is 10.8. The number of nitrogens with zero attached hydrogens (tertiary/aromatic N) is 2. The van der Waals surface area contributed by atoms with Crippen molar-refractivity contribution in [1.29, 1.82) is 0 Å². The first-order valence-corrected chi connectivity index (χ1v) is 6.11. The van der Waals surface area contributed by atoms with Crippen LogP contribution in [0.4, 0.5) is 5.13 Å². The second kappa shape index (κ2) is 4.45. The Bertz CT molecular complexity index is 322. The molecule has 0 radical (unpaired) electrons. The van der Waals surface area contributed by atoms with Gasteiger partial charge in [-0.1, -0.05) is 13.8 Å². The molecular weight excluding hydrogens is 210 g/mol. The van der Waals surface area contributed by atoms with Gasteiger partial charge in [0.25, 0.3) is 0 Å². The predicted molar refractivity (Wildman–Crippen MR) is 61.1 cm³/mol. The zero-order valence-electron chi connectivity index (χ0n) is 9.36. The van der Waals surface area contributed by atoms with Gasteiger partial charge in [0.05, 0.1) is 0 Å². The lowest BCUT2D eigenvalue weighted by atomic mass is 10.1. The number of anilines is 1. The van der Waals surface area contributed by atoms with Crippen LogP contribution in [0.1, 0.15) is 38.6 Å². The Hall–Kier alpha value is -0.680. The molecule has 1 aromatic heterocycles. The molecule has 84 valence electrons. The molecule has 1 fully saturated rings. The van der Waals surface area contributed by atoms with E-state index in [1.807, 2.05) is 0 Å². The summed E-state index contributed by atoms with van der Waals surface area (Å²) in [5.74, 6) is 1.21. The quantitative estimate of drug-likeness (QED) is 0.839. The lowest BCUT2D eigenvalue weighted by molar-refractivity contribution is 0.0585. The summed E-state index contributed by atoms with van der Waals surface area (Å²) in [4.78, 5) is 4.45. The summed E-state index contributed by atoms with van der Waals surface area (Å²) in [5.41, 5.74) is 0. The average molecular weight is 227 g/mol. The predicted octanol–water partition coefficient (Wildman–Crippen LogP) is 2.46. The minimum absolute atomic E-state index is 0.0102. The maximum Gasteiger partial charge on any atom is 0.202 e. The van der Waals surface area contributed by atoms with Crippen LogP contribution < -0.4 is 5.32 Å². The van der Waals surface area contributed by atoms with Gasteiger partial charge >= 0.3 is 0 Å². The molecule has 1 unspecified atom stereocenters. The smallest absolute Gasteiger partial charge is 0.202 e. The van der Waals surface area contributed by atoms with E-state index in [-0.39, 0.29) is 6.10 Å². The van der Waals surface area contributed by atoms with Crippen molar-refractivity contribution in [3.63, 3.8) is 0 Å². The molecule has 0 spiro atoms. The van der Waals surface area contributed by atoms with Crippen LogP contribution in [0.2, 0.25) is 0 Å². The zero-order chi connectivity index (χ0) is 10.8. The number of hydrogen-bond donors (Lipinski definition) is 1. The van der Waals surface area contributed by atoms with Gasteiger partial charge in [-0.05, 0) is 18.8 Å². The fourth-order valence-corrected chi connectivity index (χ4v) is 2.17. The second-order valence-electron chi connectivity index (χ2n) is 4.28. The third-order valence-corrected chi connectivity index (χ3v) is 3.12. The molecule has 2 rings (SSSR count). The van der Waals surface area contributed by atoms with Crippen LogP contribution in [0.25, 0.3) is 0 Å². The maximum absolute atomic E-state index is 5.39. The van der Waals surface area contributed by atoms with Crippen LogP contribution in [0.3, 0.4) is 0 Å². The van der Waals surface area contributed by atoms with E-state index in [0.717, 1.165) is 11.0 Å². The molecule has 0 bridgehead atoms. The summed E-state index contributed by atoms with van der Waals surface area (Å²) < 4.78 is 9.72. The maximum atomic E-state index is 5.39. The molecule has 1 aliphatic rings. The van der Waals surface area contributed by atoms with Crippen LogP contribution in [0.5, 0.6) is 0 Å². The van der Waals surface area contributed by atoms with Gasteiger partial charge in [0.2, 0.25) is 5.13 Å². The van der Waals surface area contributed by atoms with E-state index in [1.165, 1.54) is 24.4 Å². The molecule has 0 aliphatic heterocycles. The second-order valence-corrected chi connectivity index (χ2v) is 5.03. The normalized spacial score (nSPS) is 18.1. The summed E-state index contributed by atoms with van der Waals surface area (Å²) >= 11 is 1.43. The highest BCUT2D eigenvalue weighted by molar-refractivity contribution is 7.09. The number of hydrogen-bond acceptors (Lipinski definition) is 5. The first-order chi connectivity index (χ1) is 7.20. The fraction of sp³-hybridized carbons (Fsp3) is 0.800. The Labute approximate surface area is 94.2 Å². The molecule has 1 N–H and O–H groups in total. The van der Waals surface area contributed by atoms with Gasteiger partial charge in [0.15, 0.2) is 5.82 Å². The summed E-state index contributed by atoms with van der Waals surface area (Å²) in [6.45, 7) is 4.23. The van der Waals surface area contributed by atoms with E-state index in [9.17, 15) is 0 Å². The number of methoxy groups -OCH3 is 1. The molecule has 1 aromatic rings. The van der Waals surface area contributed by atoms with Crippen molar-refractivity contribution in [3.05, 3.63) is 5.82 Å². The highest BCUT2D eigenvalue weighted by Gasteiger charge is 2.24. The molecular formula is C10H17N3OS. The SMILES string of the molecule is COC(c1nsc(NC2CC2)n1)C(C)C. The van der Waals surface area contributed by atoms with Gasteiger partial charge in [-0.3, -0.25) is 0 Å². The monoisotopic (exact) mass is 227 g/mol. The van der Waals surface area contributed by atoms with Gasteiger partial charge in [-0.2, -0.15) is 4.37 Å². The van der Waals surface area contributed by atoms with Crippen LogP contribution in [-0.4, -0.2) is 22.5 Å². The number of nitrogens with one attached hydrogen (secondary N) is 1. The van der Waals surface area contributed by atoms with Crippen molar-refractivity contribution >= 4 is 16.7 Å². The third kappa shape index (κ3) is 2.66. The number of ether oxygens (including phenoxy) is 1. The Morgan fingerprint density at radius 1 is 1.47 bits per heavy atom. The van der Waals surface area contributed by atoms with Gasteiger partial charge in [0.1, 0.15) is 6.10 Å². The molecule has 15 heavy (non-hydrogen) atoms. The Kier molecular flexibility index (Phi) is 3.21. The fourth-order valence-electron chi connectivity index (χ4n) is 1.49. The average Bonchev–Trinajstić information content (AvgIpc) is 2.86. The summed E-state index contributed by atoms with van der Waals surface area (Å²) in [5, 5.41) is 4.27. The standard InChI is InChI=1S/C10H17N3OS/c1-6(2)8(14-3)9-12-10(15-13-9)11-7-4-5-7/h6-8H,4-5H2,1-3H3,(H,11,12,13). The van der Waals surface area contributed by atoms with E-state index >= 15 is 0 Å². The molecule has 5 heteroatoms. The third-order valence-electron chi connectivity index (χ3n) is 2.46. The Balaban J connectivity index is 2.03. The summed E-state index contributed by atoms with van der Waals surface area (Å²) in [6, 6.07) is 0.630. The molecule has 1 aliphatic carbocycles. The van der Waals surface area contributed by atoms with Crippen molar-refractivity contribution in [2.24, 2.45) is 5.92 Å². The zero-order valence-corrected chi connectivity index (χ0v) is 10.2. The lowest BCUT2D eigenvalue weighted by Gasteiger charge is -2.14. The van der Waals surface area contributed by atoms with Crippen molar-refractivity contribution in [3.8, 4) is 0 Å². The van der Waals surface area contributed by atoms with E-state index < -0.39 is 0 Å². The van der Waals surface area contributed by atoms with Crippen LogP contribution in [0, 0.1) is 5.92 Å². The van der Waals surface area contributed by atoms with Crippen LogP contribution in [0.15, 0.2) is 0 Å². The highest BCUT2D eigenvalue weighted by atomic mass is 32.1. The molecule has 0 saturated heterocycles. The van der Waals surface area contributed by atoms with E-state index in [0.29, 0.717) is 12.0 Å². The minimum atomic E-state index is 0.0102. The van der Waals surface area contributed by atoms with E-state index in [1.54, 1.807) is 7.11 Å². The summed E-state index contributed by atoms with van der Waals surface area (Å²) in [7, 11) is 1.71. The molecule has 1 saturated carbocycles. The van der Waals surface area contributed by atoms with Crippen LogP contribution >= 0.6 is 11.5 Å². The van der Waals surface area contributed by atoms with Crippen molar-refractivity contribution in [1.82, 2.24) is 9.36 Å². The number of rotatable bonds is 5. The molecule has 4 nitrogen and oxygen atoms in total. The largest absolute Gasteiger partial charge is 0.373 e. The summed E-state index contributed by atoms with van der Waals surface area (Å²) in [6.07, 6.45) is 2.52. The van der Waals surface area contributed by atoms with Gasteiger partial charge < -0.3 is 10.1 Å². The highest BCUT2D eigenvalue weighted by Crippen LogP contribution is 2.29. The van der Waals surface area contributed by atoms with Crippen LogP contribution in [-0.2, 0) is 4.74 Å². The number of aromatic nitrogens is 2. The lowest BCUT2D eigenvalue weighted by Crippen LogP contribution is -2.10. The van der Waals surface area contributed by atoms with Gasteiger partial charge in [-0.25, -0.2) is 4.98 Å². The Morgan fingerprint density at radius 3 is 2.73 bits per heavy atom. The molecule has 0 amide bonds. The Morgan fingerprint density at radius 2 is 2.20 bits per heavy atom. The van der Waals surface area contributed by atoms with E-state index in [4.69, 9.17) is 4.74 Å². The minimum Gasteiger partial charge on any atom is -0.373 e. The van der Waals surface area contributed by atoms with E-state index in [2.05, 4.69) is 28.5 Å². The topological polar surface area (TPSA) is 47.0 Å². The van der Waals surface area contributed by atoms with Gasteiger partial charge in [0, 0.05) is 24.7 Å². The molecule has 1 atom stereocenters. The molecule has 0 aromatic carbocycles. The molecule has 1 heterocycles. The van der Waals surface area contributed by atoms with Crippen molar-refractivity contribution in [2.75, 3.05) is 12.4 Å². The van der Waals surface area contributed by atoms with Crippen molar-refractivity contribution in [2.45, 2.75) is 38.8 Å². The van der Waals surface area contributed by atoms with Gasteiger partial charge in [-0.15, -0.1) is 0 Å².